The molecule has 150 valence electrons. The van der Waals surface area contributed by atoms with Gasteiger partial charge in [-0.3, -0.25) is 14.6 Å². The van der Waals surface area contributed by atoms with Crippen LogP contribution in [0.4, 0.5) is 0 Å². The largest absolute Gasteiger partial charge is 0.349 e. The van der Waals surface area contributed by atoms with Gasteiger partial charge in [0.25, 0.3) is 5.91 Å². The first-order valence-electron chi connectivity index (χ1n) is 8.87. The highest BCUT2D eigenvalue weighted by atomic mass is 35.5. The van der Waals surface area contributed by atoms with Crippen molar-refractivity contribution in [1.82, 2.24) is 14.9 Å². The molecule has 2 aromatic heterocycles. The van der Waals surface area contributed by atoms with E-state index in [9.17, 15) is 9.59 Å². The van der Waals surface area contributed by atoms with Crippen molar-refractivity contribution in [2.75, 3.05) is 0 Å². The second-order valence-corrected chi connectivity index (χ2v) is 7.79. The number of nitrogens with one attached hydrogen (secondary N) is 1. The summed E-state index contributed by atoms with van der Waals surface area (Å²) in [6.45, 7) is 2.23. The molecule has 0 bridgehead atoms. The van der Waals surface area contributed by atoms with Gasteiger partial charge in [-0.2, -0.15) is 4.99 Å². The highest BCUT2D eigenvalue weighted by Gasteiger charge is 2.19. The normalized spacial score (nSPS) is 12.6. The standard InChI is InChI=1S/C20H18Cl2N4O2S/c1-2-17(19(28)24-12-14-5-3-4-8-23-14)26-9-10-29-20(26)25-18(27)13-6-7-15(21)16(22)11-13/h3-11,17H,2,12H2,1H3,(H,24,28)/t17-/m1/s1. The Morgan fingerprint density at radius 3 is 2.76 bits per heavy atom. The average molecular weight is 449 g/mol. The minimum atomic E-state index is -0.495. The number of amides is 2. The Bertz CT molecular complexity index is 1080. The van der Waals surface area contributed by atoms with Crippen LogP contribution in [-0.4, -0.2) is 21.4 Å². The molecule has 0 saturated heterocycles. The third-order valence-corrected chi connectivity index (χ3v) is 5.68. The van der Waals surface area contributed by atoms with Crippen LogP contribution in [-0.2, 0) is 11.3 Å². The first kappa shape index (κ1) is 21.2. The molecule has 0 unspecified atom stereocenters. The smallest absolute Gasteiger partial charge is 0.279 e. The molecule has 0 aliphatic heterocycles. The number of pyridine rings is 1. The Kier molecular flexibility index (Phi) is 7.19. The molecule has 9 heteroatoms. The predicted molar refractivity (Wildman–Crippen MR) is 114 cm³/mol. The van der Waals surface area contributed by atoms with Crippen LogP contribution in [0.5, 0.6) is 0 Å². The highest BCUT2D eigenvalue weighted by Crippen LogP contribution is 2.23. The van der Waals surface area contributed by atoms with E-state index < -0.39 is 11.9 Å². The van der Waals surface area contributed by atoms with Crippen molar-refractivity contribution < 1.29 is 9.59 Å². The summed E-state index contributed by atoms with van der Waals surface area (Å²) in [6, 6.07) is 9.63. The van der Waals surface area contributed by atoms with Gasteiger partial charge in [0.2, 0.25) is 5.91 Å². The van der Waals surface area contributed by atoms with E-state index in [4.69, 9.17) is 23.2 Å². The number of rotatable bonds is 6. The van der Waals surface area contributed by atoms with Crippen molar-refractivity contribution in [3.63, 3.8) is 0 Å². The lowest BCUT2D eigenvalue weighted by Crippen LogP contribution is -2.35. The molecule has 29 heavy (non-hydrogen) atoms. The van der Waals surface area contributed by atoms with Crippen LogP contribution in [0.2, 0.25) is 10.0 Å². The Morgan fingerprint density at radius 2 is 2.07 bits per heavy atom. The highest BCUT2D eigenvalue weighted by molar-refractivity contribution is 7.07. The van der Waals surface area contributed by atoms with Crippen molar-refractivity contribution in [3.05, 3.63) is 80.3 Å². The van der Waals surface area contributed by atoms with Gasteiger partial charge in [-0.15, -0.1) is 11.3 Å². The van der Waals surface area contributed by atoms with Crippen molar-refractivity contribution in [2.45, 2.75) is 25.9 Å². The van der Waals surface area contributed by atoms with Gasteiger partial charge in [-0.1, -0.05) is 36.2 Å². The molecule has 3 rings (SSSR count). The number of nitrogens with zero attached hydrogens (tertiary/aromatic N) is 3. The lowest BCUT2D eigenvalue weighted by molar-refractivity contribution is -0.124. The molecular formula is C20H18Cl2N4O2S. The topological polar surface area (TPSA) is 76.3 Å². The number of hydrogen-bond donors (Lipinski definition) is 1. The Labute approximate surface area is 181 Å². The van der Waals surface area contributed by atoms with E-state index in [0.29, 0.717) is 28.4 Å². The Hall–Kier alpha value is -2.48. The molecule has 2 amide bonds. The molecule has 0 fully saturated rings. The Balaban J connectivity index is 1.80. The van der Waals surface area contributed by atoms with Crippen LogP contribution >= 0.6 is 34.5 Å². The summed E-state index contributed by atoms with van der Waals surface area (Å²) in [5.41, 5.74) is 1.10. The van der Waals surface area contributed by atoms with E-state index in [-0.39, 0.29) is 10.9 Å². The molecule has 6 nitrogen and oxygen atoms in total. The van der Waals surface area contributed by atoms with Crippen molar-refractivity contribution in [2.24, 2.45) is 4.99 Å². The number of thiazole rings is 1. The summed E-state index contributed by atoms with van der Waals surface area (Å²) in [7, 11) is 0. The maximum atomic E-state index is 12.7. The van der Waals surface area contributed by atoms with Gasteiger partial charge in [0.05, 0.1) is 22.3 Å². The Morgan fingerprint density at radius 1 is 1.24 bits per heavy atom. The van der Waals surface area contributed by atoms with E-state index in [2.05, 4.69) is 15.3 Å². The molecule has 0 spiro atoms. The number of halogens is 2. The summed E-state index contributed by atoms with van der Waals surface area (Å²) in [6.07, 6.45) is 3.97. The fourth-order valence-electron chi connectivity index (χ4n) is 2.69. The maximum Gasteiger partial charge on any atom is 0.279 e. The summed E-state index contributed by atoms with van der Waals surface area (Å²) < 4.78 is 1.70. The monoisotopic (exact) mass is 448 g/mol. The molecule has 0 aliphatic carbocycles. The van der Waals surface area contributed by atoms with Gasteiger partial charge in [0.1, 0.15) is 6.04 Å². The molecular weight excluding hydrogens is 431 g/mol. The quantitative estimate of drug-likeness (QED) is 0.611. The van der Waals surface area contributed by atoms with Crippen LogP contribution in [0.15, 0.2) is 59.2 Å². The van der Waals surface area contributed by atoms with Crippen LogP contribution in [0.3, 0.4) is 0 Å². The van der Waals surface area contributed by atoms with E-state index in [1.54, 1.807) is 34.5 Å². The number of hydrogen-bond acceptors (Lipinski definition) is 4. The van der Waals surface area contributed by atoms with Gasteiger partial charge in [0.15, 0.2) is 4.80 Å². The van der Waals surface area contributed by atoms with Crippen LogP contribution in [0.1, 0.15) is 35.4 Å². The third-order valence-electron chi connectivity index (χ3n) is 4.17. The van der Waals surface area contributed by atoms with Gasteiger partial charge in [-0.05, 0) is 36.8 Å². The third kappa shape index (κ3) is 5.32. The molecule has 0 aliphatic rings. The van der Waals surface area contributed by atoms with Crippen molar-refractivity contribution >= 4 is 46.4 Å². The predicted octanol–water partition coefficient (Wildman–Crippen LogP) is 4.26. The first-order valence-corrected chi connectivity index (χ1v) is 10.5. The minimum Gasteiger partial charge on any atom is -0.349 e. The fraction of sp³-hybridized carbons (Fsp3) is 0.200. The summed E-state index contributed by atoms with van der Waals surface area (Å²) in [5, 5.41) is 5.33. The molecule has 2 heterocycles. The molecule has 3 aromatic rings. The summed E-state index contributed by atoms with van der Waals surface area (Å²) >= 11 is 13.2. The van der Waals surface area contributed by atoms with Crippen molar-refractivity contribution in [3.8, 4) is 0 Å². The number of aromatic nitrogens is 2. The summed E-state index contributed by atoms with van der Waals surface area (Å²) in [5.74, 6) is -0.622. The van der Waals surface area contributed by atoms with E-state index in [0.717, 1.165) is 5.69 Å². The lowest BCUT2D eigenvalue weighted by atomic mass is 10.2. The zero-order chi connectivity index (χ0) is 20.8. The zero-order valence-electron chi connectivity index (χ0n) is 15.5. The number of carbonyl (C=O) groups is 2. The van der Waals surface area contributed by atoms with Crippen LogP contribution in [0, 0.1) is 0 Å². The van der Waals surface area contributed by atoms with E-state index in [1.807, 2.05) is 25.1 Å². The first-order chi connectivity index (χ1) is 14.0. The van der Waals surface area contributed by atoms with Crippen LogP contribution in [0.25, 0.3) is 0 Å². The van der Waals surface area contributed by atoms with Crippen molar-refractivity contribution in [1.29, 1.82) is 0 Å². The fourth-order valence-corrected chi connectivity index (χ4v) is 3.75. The second kappa shape index (κ2) is 9.82. The zero-order valence-corrected chi connectivity index (χ0v) is 17.8. The van der Waals surface area contributed by atoms with Gasteiger partial charge in [-0.25, -0.2) is 0 Å². The van der Waals surface area contributed by atoms with Crippen LogP contribution < -0.4 is 10.1 Å². The number of carbonyl (C=O) groups excluding carboxylic acids is 2. The molecule has 1 atom stereocenters. The number of benzene rings is 1. The second-order valence-electron chi connectivity index (χ2n) is 6.10. The van der Waals surface area contributed by atoms with Gasteiger partial charge < -0.3 is 9.88 Å². The molecule has 0 saturated carbocycles. The van der Waals surface area contributed by atoms with E-state index >= 15 is 0 Å². The molecule has 1 aromatic carbocycles. The SMILES string of the molecule is CC[C@H](C(=O)NCc1ccccn1)n1ccsc1=NC(=O)c1ccc(Cl)c(Cl)c1. The lowest BCUT2D eigenvalue weighted by Gasteiger charge is -2.16. The average Bonchev–Trinajstić information content (AvgIpc) is 3.17. The van der Waals surface area contributed by atoms with E-state index in [1.165, 1.54) is 17.4 Å². The maximum absolute atomic E-state index is 12.7. The van der Waals surface area contributed by atoms with Gasteiger partial charge >= 0.3 is 0 Å². The minimum absolute atomic E-state index is 0.167. The van der Waals surface area contributed by atoms with Gasteiger partial charge in [0, 0.05) is 23.3 Å². The molecule has 1 N–H and O–H groups in total. The summed E-state index contributed by atoms with van der Waals surface area (Å²) in [4.78, 5) is 34.1. The molecule has 0 radical (unpaired) electrons.